The van der Waals surface area contributed by atoms with Crippen molar-refractivity contribution in [3.05, 3.63) is 30.0 Å². The number of carbonyl (C=O) groups is 1. The van der Waals surface area contributed by atoms with Gasteiger partial charge in [-0.05, 0) is 6.92 Å². The van der Waals surface area contributed by atoms with Crippen LogP contribution in [0.4, 0.5) is 0 Å². The van der Waals surface area contributed by atoms with Gasteiger partial charge in [-0.1, -0.05) is 11.3 Å². The Balaban J connectivity index is 0.00000162. The van der Waals surface area contributed by atoms with Crippen molar-refractivity contribution in [3.8, 4) is 10.6 Å². The van der Waals surface area contributed by atoms with Crippen LogP contribution < -0.4 is 21.5 Å². The molecule has 2 heterocycles. The number of halogens is 1. The molecule has 7 heteroatoms. The molecule has 0 unspecified atom stereocenters. The molecular weight excluding hydrogens is 318 g/mol. The zero-order valence-corrected chi connectivity index (χ0v) is 12.1. The van der Waals surface area contributed by atoms with E-state index in [4.69, 9.17) is 4.74 Å². The first-order valence-electron chi connectivity index (χ1n) is 5.21. The molecule has 96 valence electrons. The summed E-state index contributed by atoms with van der Waals surface area (Å²) in [5, 5.41) is 8.62. The fraction of sp³-hybridized carbons (Fsp3) is 0.273. The standard InChI is InChI=1S/C11H12N3O2S.BrH/c1-2-16-10(15)7-14-5-3-9(4-6-14)11-13-12-8-17-11;/h3-6,8H,2,7H2,1H3;1H/q+1;/p-1. The highest BCUT2D eigenvalue weighted by molar-refractivity contribution is 7.12. The topological polar surface area (TPSA) is 56.0 Å². The van der Waals surface area contributed by atoms with Gasteiger partial charge in [0.05, 0.1) is 6.61 Å². The van der Waals surface area contributed by atoms with Gasteiger partial charge in [-0.2, -0.15) is 4.57 Å². The van der Waals surface area contributed by atoms with Crippen molar-refractivity contribution in [2.45, 2.75) is 13.5 Å². The fourth-order valence-electron chi connectivity index (χ4n) is 1.36. The summed E-state index contributed by atoms with van der Waals surface area (Å²) in [6.07, 6.45) is 3.65. The van der Waals surface area contributed by atoms with Crippen molar-refractivity contribution in [1.29, 1.82) is 0 Å². The summed E-state index contributed by atoms with van der Waals surface area (Å²) in [5.74, 6) is -0.235. The van der Waals surface area contributed by atoms with E-state index < -0.39 is 0 Å². The highest BCUT2D eigenvalue weighted by atomic mass is 79.9. The maximum Gasteiger partial charge on any atom is 0.372 e. The molecule has 18 heavy (non-hydrogen) atoms. The SMILES string of the molecule is CCOC(=O)C[n+]1ccc(-c2nncs2)cc1.[Br-]. The number of ether oxygens (including phenoxy) is 1. The molecule has 0 N–H and O–H groups in total. The quantitative estimate of drug-likeness (QED) is 0.484. The number of pyridine rings is 1. The van der Waals surface area contributed by atoms with Gasteiger partial charge in [0.1, 0.15) is 10.5 Å². The zero-order valence-electron chi connectivity index (χ0n) is 9.75. The van der Waals surface area contributed by atoms with Crippen LogP contribution in [0.2, 0.25) is 0 Å². The molecule has 0 spiro atoms. The lowest BCUT2D eigenvalue weighted by Crippen LogP contribution is -3.00. The van der Waals surface area contributed by atoms with Crippen LogP contribution in [0, 0.1) is 0 Å². The Bertz CT molecular complexity index is 487. The van der Waals surface area contributed by atoms with E-state index in [1.165, 1.54) is 11.3 Å². The number of carbonyl (C=O) groups excluding carboxylic acids is 1. The first-order chi connectivity index (χ1) is 8.29. The average molecular weight is 330 g/mol. The molecule has 0 aliphatic carbocycles. The van der Waals surface area contributed by atoms with E-state index in [-0.39, 0.29) is 29.5 Å². The normalized spacial score (nSPS) is 9.61. The van der Waals surface area contributed by atoms with Gasteiger partial charge in [0, 0.05) is 17.7 Å². The number of hydrogen-bond acceptors (Lipinski definition) is 5. The largest absolute Gasteiger partial charge is 1.00 e. The first-order valence-corrected chi connectivity index (χ1v) is 6.09. The molecule has 0 aliphatic rings. The summed E-state index contributed by atoms with van der Waals surface area (Å²) in [7, 11) is 0. The lowest BCUT2D eigenvalue weighted by Gasteiger charge is -1.98. The number of nitrogens with zero attached hydrogens (tertiary/aromatic N) is 3. The Kier molecular flexibility index (Phi) is 5.87. The molecule has 0 saturated heterocycles. The zero-order chi connectivity index (χ0) is 12.1. The molecule has 0 amide bonds. The molecule has 0 aromatic carbocycles. The van der Waals surface area contributed by atoms with E-state index in [1.807, 2.05) is 24.5 Å². The van der Waals surface area contributed by atoms with Crippen LogP contribution in [0.5, 0.6) is 0 Å². The molecular formula is C11H12BrN3O2S. The fourth-order valence-corrected chi connectivity index (χ4v) is 1.92. The van der Waals surface area contributed by atoms with Crippen LogP contribution in [0.3, 0.4) is 0 Å². The van der Waals surface area contributed by atoms with Crippen molar-refractivity contribution < 1.29 is 31.1 Å². The van der Waals surface area contributed by atoms with Gasteiger partial charge in [-0.3, -0.25) is 0 Å². The van der Waals surface area contributed by atoms with E-state index in [9.17, 15) is 4.79 Å². The van der Waals surface area contributed by atoms with Crippen LogP contribution in [-0.2, 0) is 16.1 Å². The number of rotatable bonds is 4. The number of esters is 1. The molecule has 0 fully saturated rings. The van der Waals surface area contributed by atoms with Crippen molar-refractivity contribution in [2.24, 2.45) is 0 Å². The van der Waals surface area contributed by atoms with Gasteiger partial charge in [-0.15, -0.1) is 10.2 Å². The van der Waals surface area contributed by atoms with Crippen molar-refractivity contribution >= 4 is 17.3 Å². The van der Waals surface area contributed by atoms with E-state index in [1.54, 1.807) is 17.0 Å². The number of aromatic nitrogens is 3. The summed E-state index contributed by atoms with van der Waals surface area (Å²) in [6, 6.07) is 3.81. The van der Waals surface area contributed by atoms with Gasteiger partial charge in [0.2, 0.25) is 6.54 Å². The van der Waals surface area contributed by atoms with Crippen LogP contribution in [0.25, 0.3) is 10.6 Å². The second kappa shape index (κ2) is 7.17. The summed E-state index contributed by atoms with van der Waals surface area (Å²) in [4.78, 5) is 11.3. The molecule has 0 atom stereocenters. The monoisotopic (exact) mass is 329 g/mol. The Morgan fingerprint density at radius 2 is 2.17 bits per heavy atom. The van der Waals surface area contributed by atoms with Gasteiger partial charge < -0.3 is 21.7 Å². The Morgan fingerprint density at radius 3 is 2.72 bits per heavy atom. The van der Waals surface area contributed by atoms with Crippen molar-refractivity contribution in [3.63, 3.8) is 0 Å². The molecule has 0 radical (unpaired) electrons. The van der Waals surface area contributed by atoms with Gasteiger partial charge in [-0.25, -0.2) is 4.79 Å². The maximum absolute atomic E-state index is 11.3. The molecule has 0 saturated carbocycles. The predicted molar refractivity (Wildman–Crippen MR) is 62.2 cm³/mol. The summed E-state index contributed by atoms with van der Waals surface area (Å²) < 4.78 is 6.63. The lowest BCUT2D eigenvalue weighted by molar-refractivity contribution is -0.685. The summed E-state index contributed by atoms with van der Waals surface area (Å²) in [6.45, 7) is 2.42. The van der Waals surface area contributed by atoms with Gasteiger partial charge in [0.25, 0.3) is 0 Å². The third-order valence-corrected chi connectivity index (χ3v) is 2.86. The molecule has 0 bridgehead atoms. The summed E-state index contributed by atoms with van der Waals surface area (Å²) >= 11 is 1.48. The van der Waals surface area contributed by atoms with Gasteiger partial charge in [0.15, 0.2) is 12.4 Å². The second-order valence-corrected chi connectivity index (χ2v) is 4.14. The van der Waals surface area contributed by atoms with Crippen LogP contribution in [0.15, 0.2) is 30.0 Å². The van der Waals surface area contributed by atoms with E-state index in [2.05, 4.69) is 10.2 Å². The minimum atomic E-state index is -0.235. The van der Waals surface area contributed by atoms with E-state index in [0.717, 1.165) is 10.6 Å². The van der Waals surface area contributed by atoms with Crippen LogP contribution in [-0.4, -0.2) is 22.8 Å². The minimum Gasteiger partial charge on any atom is -1.00 e. The third-order valence-electron chi connectivity index (χ3n) is 2.12. The number of hydrogen-bond donors (Lipinski definition) is 0. The first kappa shape index (κ1) is 14.7. The highest BCUT2D eigenvalue weighted by Crippen LogP contribution is 2.18. The minimum absolute atomic E-state index is 0. The lowest BCUT2D eigenvalue weighted by atomic mass is 10.3. The summed E-state index contributed by atoms with van der Waals surface area (Å²) in [5.41, 5.74) is 2.68. The maximum atomic E-state index is 11.3. The highest BCUT2D eigenvalue weighted by Gasteiger charge is 2.10. The average Bonchev–Trinajstić information content (AvgIpc) is 2.84. The second-order valence-electron chi connectivity index (χ2n) is 3.31. The van der Waals surface area contributed by atoms with E-state index in [0.29, 0.717) is 6.61 Å². The predicted octanol–water partition coefficient (Wildman–Crippen LogP) is -1.94. The molecule has 2 aromatic rings. The Hall–Kier alpha value is -1.34. The molecule has 0 aliphatic heterocycles. The molecule has 2 aromatic heterocycles. The van der Waals surface area contributed by atoms with Crippen molar-refractivity contribution in [1.82, 2.24) is 10.2 Å². The molecule has 2 rings (SSSR count). The molecule has 5 nitrogen and oxygen atoms in total. The van der Waals surface area contributed by atoms with Gasteiger partial charge >= 0.3 is 5.97 Å². The smallest absolute Gasteiger partial charge is 0.372 e. The van der Waals surface area contributed by atoms with E-state index >= 15 is 0 Å². The van der Waals surface area contributed by atoms with Crippen LogP contribution in [0.1, 0.15) is 6.92 Å². The van der Waals surface area contributed by atoms with Crippen LogP contribution >= 0.6 is 11.3 Å². The Labute approximate surface area is 119 Å². The van der Waals surface area contributed by atoms with Crippen molar-refractivity contribution in [2.75, 3.05) is 6.61 Å². The Morgan fingerprint density at radius 1 is 1.44 bits per heavy atom. The third kappa shape index (κ3) is 3.85.